The van der Waals surface area contributed by atoms with Gasteiger partial charge in [-0.25, -0.2) is 0 Å². The molecule has 0 unspecified atom stereocenters. The van der Waals surface area contributed by atoms with Gasteiger partial charge in [-0.1, -0.05) is 254 Å². The maximum atomic E-state index is 12.6. The minimum atomic E-state index is 0. The summed E-state index contributed by atoms with van der Waals surface area (Å²) in [7, 11) is 0. The summed E-state index contributed by atoms with van der Waals surface area (Å²) < 4.78 is 0. The van der Waals surface area contributed by atoms with Gasteiger partial charge in [-0.15, -0.1) is 0 Å². The van der Waals surface area contributed by atoms with Crippen LogP contribution in [0, 0.1) is 41.7 Å². The molecule has 0 aliphatic heterocycles. The second-order valence-corrected chi connectivity index (χ2v) is 13.2. The molecule has 4 heteroatoms. The Kier molecular flexibility index (Phi) is 14.8. The third kappa shape index (κ3) is 10.2. The molecule has 0 amide bonds. The largest absolute Gasteiger partial charge is 3.00 e. The number of rotatable bonds is 6. The first-order chi connectivity index (χ1) is 28.1. The van der Waals surface area contributed by atoms with Crippen LogP contribution in [0.5, 0.6) is 17.2 Å². The van der Waals surface area contributed by atoms with Crippen LogP contribution in [0.3, 0.4) is 0 Å². The SMILES string of the molecule is [Ce+3].[O-]c1c(-c2ccccc2)cccc1-c1ccccc1.[O-]c1c(-c2ccccc2)cccc1-c1ccccc1.[O-]c1c(-c2ccccc2)cccc1-c1ccccc1. The van der Waals surface area contributed by atoms with E-state index in [2.05, 4.69) is 0 Å². The second kappa shape index (κ2) is 20.8. The van der Waals surface area contributed by atoms with Gasteiger partial charge in [0.15, 0.2) is 0 Å². The molecule has 0 spiro atoms. The van der Waals surface area contributed by atoms with Crippen LogP contribution in [0.2, 0.25) is 0 Å². The monoisotopic (exact) mass is 875 g/mol. The Morgan fingerprint density at radius 1 is 0.172 bits per heavy atom. The molecule has 9 aromatic carbocycles. The van der Waals surface area contributed by atoms with E-state index in [1.54, 1.807) is 0 Å². The minimum Gasteiger partial charge on any atom is -0.872 e. The quantitative estimate of drug-likeness (QED) is 0.167. The van der Waals surface area contributed by atoms with Crippen molar-refractivity contribution >= 4 is 0 Å². The van der Waals surface area contributed by atoms with Crippen molar-refractivity contribution in [2.24, 2.45) is 0 Å². The first-order valence-electron chi connectivity index (χ1n) is 18.8. The normalized spacial score (nSPS) is 10.1. The number of para-hydroxylation sites is 3. The molecule has 1 radical (unpaired) electrons. The molecular weight excluding hydrogens is 837 g/mol. The van der Waals surface area contributed by atoms with Crippen molar-refractivity contribution in [2.75, 3.05) is 0 Å². The van der Waals surface area contributed by atoms with E-state index in [-0.39, 0.29) is 59.0 Å². The Morgan fingerprint density at radius 3 is 0.448 bits per heavy atom. The Morgan fingerprint density at radius 2 is 0.310 bits per heavy atom. The van der Waals surface area contributed by atoms with Crippen LogP contribution in [0.25, 0.3) is 66.8 Å². The van der Waals surface area contributed by atoms with E-state index in [0.717, 1.165) is 66.8 Å². The topological polar surface area (TPSA) is 69.2 Å². The predicted octanol–water partition coefficient (Wildman–Crippen LogP) is 12.3. The van der Waals surface area contributed by atoms with Crippen LogP contribution in [-0.4, -0.2) is 0 Å². The van der Waals surface area contributed by atoms with Crippen molar-refractivity contribution in [3.8, 4) is 84.0 Å². The first kappa shape index (κ1) is 41.4. The molecule has 58 heavy (non-hydrogen) atoms. The fourth-order valence-corrected chi connectivity index (χ4v) is 6.68. The summed E-state index contributed by atoms with van der Waals surface area (Å²) >= 11 is 0. The molecule has 0 saturated heterocycles. The molecule has 0 saturated carbocycles. The molecule has 0 aliphatic carbocycles. The molecule has 3 nitrogen and oxygen atoms in total. The van der Waals surface area contributed by atoms with Gasteiger partial charge in [-0.05, 0) is 66.8 Å². The molecule has 0 atom stereocenters. The van der Waals surface area contributed by atoms with Gasteiger partial charge in [0.2, 0.25) is 0 Å². The standard InChI is InChI=1S/3C18H14O.Ce/c3*19-18-16(14-8-3-1-4-9-14)12-7-13-17(18)15-10-5-2-6-11-15;/h3*1-13,19H;/q;;;+3/p-3. The van der Waals surface area contributed by atoms with Crippen LogP contribution in [0.15, 0.2) is 237 Å². The third-order valence-corrected chi connectivity index (χ3v) is 9.55. The molecule has 9 aromatic rings. The maximum Gasteiger partial charge on any atom is 3.00 e. The molecule has 0 heterocycles. The minimum absolute atomic E-state index is 0. The molecule has 277 valence electrons. The summed E-state index contributed by atoms with van der Waals surface area (Å²) in [6.07, 6.45) is 0. The van der Waals surface area contributed by atoms with Crippen molar-refractivity contribution < 1.29 is 57.1 Å². The molecule has 9 rings (SSSR count). The van der Waals surface area contributed by atoms with Crippen molar-refractivity contribution in [1.82, 2.24) is 0 Å². The van der Waals surface area contributed by atoms with Gasteiger partial charge in [-0.3, -0.25) is 0 Å². The van der Waals surface area contributed by atoms with E-state index in [9.17, 15) is 15.3 Å². The van der Waals surface area contributed by atoms with Crippen molar-refractivity contribution in [3.63, 3.8) is 0 Å². The van der Waals surface area contributed by atoms with E-state index in [4.69, 9.17) is 0 Å². The Balaban J connectivity index is 0.000000145. The van der Waals surface area contributed by atoms with Crippen LogP contribution < -0.4 is 15.3 Å². The van der Waals surface area contributed by atoms with Crippen LogP contribution >= 0.6 is 0 Å². The summed E-state index contributed by atoms with van der Waals surface area (Å²) in [6.45, 7) is 0. The van der Waals surface area contributed by atoms with Gasteiger partial charge in [0.1, 0.15) is 0 Å². The second-order valence-electron chi connectivity index (χ2n) is 13.2. The van der Waals surface area contributed by atoms with Crippen molar-refractivity contribution in [1.29, 1.82) is 0 Å². The molecule has 0 aromatic heterocycles. The Labute approximate surface area is 374 Å². The summed E-state index contributed by atoms with van der Waals surface area (Å²) in [6, 6.07) is 75.8. The zero-order valence-electron chi connectivity index (χ0n) is 31.7. The summed E-state index contributed by atoms with van der Waals surface area (Å²) in [5, 5.41) is 37.7. The van der Waals surface area contributed by atoms with Crippen LogP contribution in [0.4, 0.5) is 0 Å². The fraction of sp³-hybridized carbons (Fsp3) is 0. The maximum absolute atomic E-state index is 12.6. The van der Waals surface area contributed by atoms with E-state index >= 15 is 0 Å². The van der Waals surface area contributed by atoms with Gasteiger partial charge >= 0.3 is 41.7 Å². The van der Waals surface area contributed by atoms with Crippen molar-refractivity contribution in [3.05, 3.63) is 237 Å². The zero-order valence-corrected chi connectivity index (χ0v) is 34.9. The van der Waals surface area contributed by atoms with E-state index < -0.39 is 0 Å². The summed E-state index contributed by atoms with van der Waals surface area (Å²) in [5.41, 5.74) is 10.3. The number of hydrogen-bond donors (Lipinski definition) is 0. The van der Waals surface area contributed by atoms with E-state index in [1.165, 1.54) is 0 Å². The van der Waals surface area contributed by atoms with Crippen molar-refractivity contribution in [2.45, 2.75) is 0 Å². The van der Waals surface area contributed by atoms with Gasteiger partial charge in [-0.2, -0.15) is 0 Å². The molecule has 0 fully saturated rings. The van der Waals surface area contributed by atoms with Gasteiger partial charge in [0, 0.05) is 0 Å². The number of hydrogen-bond acceptors (Lipinski definition) is 3. The zero-order chi connectivity index (χ0) is 39.2. The average molecular weight is 876 g/mol. The first-order valence-corrected chi connectivity index (χ1v) is 18.8. The van der Waals surface area contributed by atoms with Crippen LogP contribution in [0.1, 0.15) is 0 Å². The summed E-state index contributed by atoms with van der Waals surface area (Å²) in [4.78, 5) is 0. The van der Waals surface area contributed by atoms with Crippen LogP contribution in [-0.2, 0) is 0 Å². The predicted molar refractivity (Wildman–Crippen MR) is 230 cm³/mol. The smallest absolute Gasteiger partial charge is 0.872 e. The molecule has 0 aliphatic rings. The molecular formula is C54H39CeO3. The average Bonchev–Trinajstić information content (AvgIpc) is 3.29. The Bertz CT molecular complexity index is 2150. The molecule has 0 bridgehead atoms. The van der Waals surface area contributed by atoms with E-state index in [0.29, 0.717) is 0 Å². The van der Waals surface area contributed by atoms with E-state index in [1.807, 2.05) is 237 Å². The molecule has 0 N–H and O–H groups in total. The van der Waals surface area contributed by atoms with Gasteiger partial charge in [0.05, 0.1) is 0 Å². The number of benzene rings is 9. The van der Waals surface area contributed by atoms with Gasteiger partial charge < -0.3 is 15.3 Å². The Hall–Kier alpha value is -6.24. The third-order valence-electron chi connectivity index (χ3n) is 9.55. The summed E-state index contributed by atoms with van der Waals surface area (Å²) in [5.74, 6) is 0.250. The van der Waals surface area contributed by atoms with Gasteiger partial charge in [0.25, 0.3) is 0 Å². The fourth-order valence-electron chi connectivity index (χ4n) is 6.68.